The minimum atomic E-state index is -0.0177. The van der Waals surface area contributed by atoms with Gasteiger partial charge in [0.25, 0.3) is 0 Å². The summed E-state index contributed by atoms with van der Waals surface area (Å²) in [6.07, 6.45) is 3.17. The van der Waals surface area contributed by atoms with Crippen LogP contribution in [-0.4, -0.2) is 32.1 Å². The standard InChI is InChI=1S/C68H78B3O2S2/c1-26(54-36(11)31(6)42(17)67(74)46(54)21)22-47-32(7)28(3)43(18)68(75)61(47)70-60-52-24-49-35(10)41(16)65(72)53-25-50-34(9)27(2)33(8)48-23-51(63(52)71(62(48)50)64(49)53)44(19)56(60)58-39(14)29(4)38(13)57(66(58)73)55-37(12)30(5)40(15)59(69)45(55)20/h26,28,32,72-75H,22-25H2,1-21H3. The first-order valence-corrected chi connectivity index (χ1v) is 28.6. The molecule has 3 unspecified atom stereocenters. The molecule has 0 saturated heterocycles. The molecule has 383 valence electrons. The van der Waals surface area contributed by atoms with Crippen molar-refractivity contribution in [1.29, 1.82) is 0 Å². The van der Waals surface area contributed by atoms with Crippen LogP contribution >= 0.6 is 25.3 Å². The molecule has 6 aromatic carbocycles. The monoisotopic (exact) mass is 1020 g/mol. The maximum atomic E-state index is 13.7. The van der Waals surface area contributed by atoms with Crippen LogP contribution in [-0.2, 0) is 19.3 Å². The predicted octanol–water partition coefficient (Wildman–Crippen LogP) is 13.3. The Balaban J connectivity index is 1.36. The van der Waals surface area contributed by atoms with E-state index in [1.807, 2.05) is 0 Å². The van der Waals surface area contributed by atoms with E-state index in [0.717, 1.165) is 108 Å². The van der Waals surface area contributed by atoms with Crippen molar-refractivity contribution in [2.45, 2.75) is 182 Å². The molecular weight excluding hydrogens is 945 g/mol. The van der Waals surface area contributed by atoms with Crippen molar-refractivity contribution in [2.75, 3.05) is 0 Å². The van der Waals surface area contributed by atoms with Gasteiger partial charge in [-0.2, -0.15) is 0 Å². The van der Waals surface area contributed by atoms with Gasteiger partial charge in [0.2, 0.25) is 6.71 Å². The third kappa shape index (κ3) is 7.30. The Morgan fingerprint density at radius 1 is 0.480 bits per heavy atom. The molecule has 3 atom stereocenters. The molecule has 0 saturated carbocycles. The number of hydrogen-bond donors (Lipinski definition) is 4. The van der Waals surface area contributed by atoms with Gasteiger partial charge in [0.15, 0.2) is 7.28 Å². The van der Waals surface area contributed by atoms with E-state index < -0.39 is 0 Å². The average molecular weight is 1020 g/mol. The van der Waals surface area contributed by atoms with E-state index in [1.165, 1.54) is 127 Å². The van der Waals surface area contributed by atoms with Crippen molar-refractivity contribution in [3.8, 4) is 33.8 Å². The van der Waals surface area contributed by atoms with Crippen molar-refractivity contribution < 1.29 is 10.2 Å². The van der Waals surface area contributed by atoms with Crippen LogP contribution in [0.5, 0.6) is 11.5 Å². The molecule has 3 aliphatic heterocycles. The molecule has 0 bridgehead atoms. The molecule has 0 aromatic heterocycles. The highest BCUT2D eigenvalue weighted by Crippen LogP contribution is 2.51. The van der Waals surface area contributed by atoms with Gasteiger partial charge >= 0.3 is 0 Å². The van der Waals surface area contributed by atoms with Crippen LogP contribution in [0.25, 0.3) is 22.3 Å². The Bertz CT molecular complexity index is 3630. The van der Waals surface area contributed by atoms with Crippen LogP contribution in [0.4, 0.5) is 0 Å². The lowest BCUT2D eigenvalue weighted by atomic mass is 9.26. The third-order valence-electron chi connectivity index (χ3n) is 21.4. The first-order valence-electron chi connectivity index (χ1n) is 27.7. The second-order valence-electron chi connectivity index (χ2n) is 24.3. The molecule has 7 heteroatoms. The first-order chi connectivity index (χ1) is 35.1. The number of hydrogen-bond acceptors (Lipinski definition) is 4. The Kier molecular flexibility index (Phi) is 13.2. The topological polar surface area (TPSA) is 40.5 Å². The number of aromatic hydroxyl groups is 2. The first kappa shape index (κ1) is 53.7. The number of allylic oxidation sites excluding steroid dienone is 3. The number of benzene rings is 6. The molecule has 0 amide bonds. The van der Waals surface area contributed by atoms with Crippen molar-refractivity contribution in [2.24, 2.45) is 11.8 Å². The van der Waals surface area contributed by atoms with Crippen LogP contribution in [0.15, 0.2) is 26.4 Å². The average Bonchev–Trinajstić information content (AvgIpc) is 3.44. The molecule has 10 rings (SSSR count). The Morgan fingerprint density at radius 2 is 0.933 bits per heavy atom. The number of phenolic OH excluding ortho intramolecular Hbond substituents is 2. The van der Waals surface area contributed by atoms with E-state index in [9.17, 15) is 10.2 Å². The predicted molar refractivity (Wildman–Crippen MR) is 332 cm³/mol. The Hall–Kier alpha value is -4.71. The fourth-order valence-corrected chi connectivity index (χ4v) is 16.1. The minimum absolute atomic E-state index is 0.0177. The van der Waals surface area contributed by atoms with Gasteiger partial charge in [0, 0.05) is 22.4 Å². The molecule has 2 nitrogen and oxygen atoms in total. The van der Waals surface area contributed by atoms with Gasteiger partial charge < -0.3 is 10.2 Å². The van der Waals surface area contributed by atoms with E-state index in [2.05, 4.69) is 153 Å². The highest BCUT2D eigenvalue weighted by atomic mass is 32.1. The maximum Gasteiger partial charge on any atom is 0.243 e. The van der Waals surface area contributed by atoms with Crippen LogP contribution in [0.3, 0.4) is 0 Å². The summed E-state index contributed by atoms with van der Waals surface area (Å²) in [7, 11) is 9.55. The lowest BCUT2D eigenvalue weighted by molar-refractivity contribution is 0.465. The highest BCUT2D eigenvalue weighted by Gasteiger charge is 2.47. The number of phenols is 2. The zero-order valence-electron chi connectivity index (χ0n) is 49.1. The second kappa shape index (κ2) is 18.5. The van der Waals surface area contributed by atoms with Crippen LogP contribution in [0, 0.1) is 130 Å². The van der Waals surface area contributed by atoms with Gasteiger partial charge in [0.1, 0.15) is 19.3 Å². The molecule has 75 heavy (non-hydrogen) atoms. The van der Waals surface area contributed by atoms with Gasteiger partial charge in [-0.1, -0.05) is 75.8 Å². The molecular formula is C68H78B3O2S2. The van der Waals surface area contributed by atoms with Crippen LogP contribution in [0.2, 0.25) is 0 Å². The van der Waals surface area contributed by atoms with Gasteiger partial charge in [-0.15, -0.1) is 25.3 Å². The van der Waals surface area contributed by atoms with Gasteiger partial charge in [0.05, 0.1) is 0 Å². The van der Waals surface area contributed by atoms with E-state index in [4.69, 9.17) is 33.1 Å². The quantitative estimate of drug-likeness (QED) is 0.0949. The zero-order chi connectivity index (χ0) is 54.9. The molecule has 3 radical (unpaired) electrons. The van der Waals surface area contributed by atoms with E-state index in [-0.39, 0.29) is 18.5 Å². The van der Waals surface area contributed by atoms with Crippen molar-refractivity contribution >= 4 is 74.4 Å². The fourth-order valence-electron chi connectivity index (χ4n) is 15.4. The smallest absolute Gasteiger partial charge is 0.243 e. The summed E-state index contributed by atoms with van der Waals surface area (Å²) < 4.78 is 0. The maximum absolute atomic E-state index is 13.7. The summed E-state index contributed by atoms with van der Waals surface area (Å²) in [5.74, 6) is 1.58. The molecule has 3 heterocycles. The largest absolute Gasteiger partial charge is 0.507 e. The molecule has 2 N–H and O–H groups in total. The van der Waals surface area contributed by atoms with E-state index in [1.54, 1.807) is 0 Å². The van der Waals surface area contributed by atoms with Crippen LogP contribution < -0.4 is 27.3 Å². The normalized spacial score (nSPS) is 16.9. The lowest BCUT2D eigenvalue weighted by Crippen LogP contribution is -2.67. The summed E-state index contributed by atoms with van der Waals surface area (Å²) in [4.78, 5) is 2.15. The molecule has 0 spiro atoms. The summed E-state index contributed by atoms with van der Waals surface area (Å²) in [6, 6.07) is 0. The summed E-state index contributed by atoms with van der Waals surface area (Å²) in [6.45, 7) is 47.5. The van der Waals surface area contributed by atoms with Crippen molar-refractivity contribution in [3.05, 3.63) is 155 Å². The van der Waals surface area contributed by atoms with Gasteiger partial charge in [-0.3, -0.25) is 0 Å². The van der Waals surface area contributed by atoms with E-state index >= 15 is 0 Å². The Labute approximate surface area is 464 Å². The lowest BCUT2D eigenvalue weighted by Gasteiger charge is -2.44. The van der Waals surface area contributed by atoms with E-state index in [0.29, 0.717) is 17.4 Å². The zero-order valence-corrected chi connectivity index (χ0v) is 50.9. The molecule has 0 fully saturated rings. The fraction of sp³-hybridized carbons (Fsp3) is 0.412. The van der Waals surface area contributed by atoms with Gasteiger partial charge in [-0.05, 0) is 300 Å². The van der Waals surface area contributed by atoms with Gasteiger partial charge in [-0.25, -0.2) is 0 Å². The minimum Gasteiger partial charge on any atom is -0.507 e. The SMILES string of the molecule is [B]c1c(C)c(C)c(C)c(-c2c(C)c(C)c(C)c(-c3c(C)c4c5c(c3[B]C3=C(CC(C)c6c(C)c(C)c(C)c(S)c6C)C(C)C(C)C(C)=C3S)Cc3c(C)c(C)c(O)c6c3B5c3c(c(C)c(C)c(C)c3C6)C4)c2O)c1C. The Morgan fingerprint density at radius 3 is 1.53 bits per heavy atom. The van der Waals surface area contributed by atoms with Crippen LogP contribution in [0.1, 0.15) is 174 Å². The molecule has 4 aliphatic rings. The molecule has 6 aromatic rings. The molecule has 1 aliphatic carbocycles. The van der Waals surface area contributed by atoms with Crippen molar-refractivity contribution in [1.82, 2.24) is 0 Å². The number of rotatable bonds is 7. The second-order valence-corrected chi connectivity index (χ2v) is 25.2. The summed E-state index contributed by atoms with van der Waals surface area (Å²) in [5.41, 5.74) is 43.8. The number of thiol groups is 2. The van der Waals surface area contributed by atoms with Crippen molar-refractivity contribution in [3.63, 3.8) is 0 Å². The summed E-state index contributed by atoms with van der Waals surface area (Å²) in [5, 5.41) is 26.0. The summed E-state index contributed by atoms with van der Waals surface area (Å²) >= 11 is 10.7. The third-order valence-corrected chi connectivity index (χ3v) is 22.7. The highest BCUT2D eigenvalue weighted by molar-refractivity contribution is 7.85.